The van der Waals surface area contributed by atoms with Crippen molar-refractivity contribution in [3.05, 3.63) is 64.2 Å². The zero-order valence-corrected chi connectivity index (χ0v) is 13.4. The zero-order valence-electron chi connectivity index (χ0n) is 13.4. The molecule has 2 aliphatic rings. The minimum Gasteiger partial charge on any atom is -0.289 e. The van der Waals surface area contributed by atoms with Crippen molar-refractivity contribution in [2.75, 3.05) is 0 Å². The SMILES string of the molecule is CC(C)=C1CC2=C(C[C@H](C)c3c2ccc2ccccc32)C1=O. The largest absolute Gasteiger partial charge is 0.289 e. The van der Waals surface area contributed by atoms with Gasteiger partial charge in [-0.2, -0.15) is 0 Å². The third kappa shape index (κ3) is 1.75. The van der Waals surface area contributed by atoms with E-state index >= 15 is 0 Å². The molecule has 2 aliphatic carbocycles. The summed E-state index contributed by atoms with van der Waals surface area (Å²) in [6.45, 7) is 6.36. The van der Waals surface area contributed by atoms with Gasteiger partial charge in [0.25, 0.3) is 0 Å². The first-order valence-corrected chi connectivity index (χ1v) is 8.03. The minimum absolute atomic E-state index is 0.292. The van der Waals surface area contributed by atoms with Gasteiger partial charge in [-0.05, 0) is 53.7 Å². The molecule has 0 aromatic heterocycles. The highest BCUT2D eigenvalue weighted by molar-refractivity contribution is 6.19. The Balaban J connectivity index is 2.00. The Kier molecular flexibility index (Phi) is 2.87. The van der Waals surface area contributed by atoms with Crippen molar-refractivity contribution in [2.45, 2.75) is 39.5 Å². The maximum atomic E-state index is 12.7. The summed E-state index contributed by atoms with van der Waals surface area (Å²) in [4.78, 5) is 12.7. The van der Waals surface area contributed by atoms with Gasteiger partial charge in [0.05, 0.1) is 0 Å². The number of hydrogen-bond donors (Lipinski definition) is 0. The summed E-state index contributed by atoms with van der Waals surface area (Å²) < 4.78 is 0. The number of allylic oxidation sites excluding steroid dienone is 4. The van der Waals surface area contributed by atoms with E-state index in [9.17, 15) is 4.79 Å². The molecule has 0 amide bonds. The van der Waals surface area contributed by atoms with Crippen LogP contribution in [0.2, 0.25) is 0 Å². The van der Waals surface area contributed by atoms with Crippen LogP contribution in [-0.4, -0.2) is 5.78 Å². The second kappa shape index (κ2) is 4.67. The Morgan fingerprint density at radius 3 is 2.59 bits per heavy atom. The fraction of sp³-hybridized carbons (Fsp3) is 0.286. The quantitative estimate of drug-likeness (QED) is 0.592. The van der Waals surface area contributed by atoms with Crippen LogP contribution in [0.25, 0.3) is 16.3 Å². The molecule has 1 heteroatoms. The van der Waals surface area contributed by atoms with Crippen LogP contribution in [0.3, 0.4) is 0 Å². The number of benzene rings is 2. The van der Waals surface area contributed by atoms with Crippen molar-refractivity contribution in [1.82, 2.24) is 0 Å². The molecule has 0 radical (unpaired) electrons. The molecule has 0 N–H and O–H groups in total. The molecule has 1 atom stereocenters. The number of carbonyl (C=O) groups excluding carboxylic acids is 1. The van der Waals surface area contributed by atoms with Crippen LogP contribution in [0.1, 0.15) is 50.7 Å². The fourth-order valence-corrected chi connectivity index (χ4v) is 4.06. The van der Waals surface area contributed by atoms with E-state index in [2.05, 4.69) is 57.2 Å². The third-order valence-corrected chi connectivity index (χ3v) is 5.17. The van der Waals surface area contributed by atoms with Gasteiger partial charge in [-0.25, -0.2) is 0 Å². The van der Waals surface area contributed by atoms with Gasteiger partial charge in [0.1, 0.15) is 0 Å². The molecule has 0 bridgehead atoms. The molecule has 0 saturated heterocycles. The van der Waals surface area contributed by atoms with Gasteiger partial charge >= 0.3 is 0 Å². The smallest absolute Gasteiger partial charge is 0.185 e. The van der Waals surface area contributed by atoms with Crippen molar-refractivity contribution in [3.63, 3.8) is 0 Å². The van der Waals surface area contributed by atoms with Gasteiger partial charge in [0.2, 0.25) is 0 Å². The van der Waals surface area contributed by atoms with E-state index in [1.165, 1.54) is 27.5 Å². The number of fused-ring (bicyclic) bond motifs is 4. The van der Waals surface area contributed by atoms with E-state index in [0.717, 1.165) is 29.6 Å². The summed E-state index contributed by atoms with van der Waals surface area (Å²) in [5, 5.41) is 2.64. The molecular weight excluding hydrogens is 268 g/mol. The predicted molar refractivity (Wildman–Crippen MR) is 91.9 cm³/mol. The van der Waals surface area contributed by atoms with Crippen LogP contribution >= 0.6 is 0 Å². The lowest BCUT2D eigenvalue weighted by Crippen LogP contribution is -2.10. The van der Waals surface area contributed by atoms with Crippen LogP contribution in [0.4, 0.5) is 0 Å². The average molecular weight is 288 g/mol. The molecule has 0 heterocycles. The normalized spacial score (nSPS) is 20.4. The van der Waals surface area contributed by atoms with E-state index in [0.29, 0.717) is 11.7 Å². The Labute approximate surface area is 131 Å². The van der Waals surface area contributed by atoms with Crippen molar-refractivity contribution in [3.8, 4) is 0 Å². The van der Waals surface area contributed by atoms with Crippen LogP contribution in [0.5, 0.6) is 0 Å². The number of rotatable bonds is 0. The highest BCUT2D eigenvalue weighted by atomic mass is 16.1. The zero-order chi connectivity index (χ0) is 15.4. The molecule has 22 heavy (non-hydrogen) atoms. The lowest BCUT2D eigenvalue weighted by molar-refractivity contribution is -0.112. The van der Waals surface area contributed by atoms with Gasteiger partial charge in [0.15, 0.2) is 5.78 Å². The van der Waals surface area contributed by atoms with E-state index in [4.69, 9.17) is 0 Å². The van der Waals surface area contributed by atoms with Crippen molar-refractivity contribution < 1.29 is 4.79 Å². The lowest BCUT2D eigenvalue weighted by Gasteiger charge is -2.25. The topological polar surface area (TPSA) is 17.1 Å². The molecule has 2 aromatic carbocycles. The van der Waals surface area contributed by atoms with Gasteiger partial charge < -0.3 is 0 Å². The number of ketones is 1. The summed E-state index contributed by atoms with van der Waals surface area (Å²) in [6, 6.07) is 13.0. The van der Waals surface area contributed by atoms with Gasteiger partial charge in [0, 0.05) is 17.6 Å². The fourth-order valence-electron chi connectivity index (χ4n) is 4.06. The van der Waals surface area contributed by atoms with Crippen molar-refractivity contribution >= 4 is 22.1 Å². The Morgan fingerprint density at radius 1 is 1.05 bits per heavy atom. The minimum atomic E-state index is 0.292. The average Bonchev–Trinajstić information content (AvgIpc) is 2.84. The third-order valence-electron chi connectivity index (χ3n) is 5.17. The molecule has 110 valence electrons. The van der Waals surface area contributed by atoms with Crippen molar-refractivity contribution in [2.24, 2.45) is 0 Å². The molecule has 0 unspecified atom stereocenters. The summed E-state index contributed by atoms with van der Waals surface area (Å²) in [5.41, 5.74) is 7.25. The second-order valence-electron chi connectivity index (χ2n) is 6.79. The summed E-state index contributed by atoms with van der Waals surface area (Å²) in [5.74, 6) is 0.695. The van der Waals surface area contributed by atoms with Gasteiger partial charge in [-0.3, -0.25) is 4.79 Å². The number of Topliss-reactive ketones (excluding diaryl/α,β-unsaturated/α-hetero) is 1. The monoisotopic (exact) mass is 288 g/mol. The summed E-state index contributed by atoms with van der Waals surface area (Å²) in [7, 11) is 0. The van der Waals surface area contributed by atoms with Crippen LogP contribution in [0, 0.1) is 0 Å². The maximum Gasteiger partial charge on any atom is 0.185 e. The molecule has 0 spiro atoms. The molecular formula is C21H20O. The van der Waals surface area contributed by atoms with Gasteiger partial charge in [-0.15, -0.1) is 0 Å². The molecule has 0 aliphatic heterocycles. The standard InChI is InChI=1S/C21H20O/c1-12(2)17-11-18-16-9-8-14-6-4-5-7-15(14)20(16)13(3)10-19(18)21(17)22/h4-9,13H,10-11H2,1-3H3/t13-/m0/s1. The predicted octanol–water partition coefficient (Wildman–Crippen LogP) is 5.41. The maximum absolute atomic E-state index is 12.7. The molecule has 0 saturated carbocycles. The number of carbonyl (C=O) groups is 1. The Bertz CT molecular complexity index is 876. The second-order valence-corrected chi connectivity index (χ2v) is 6.79. The Morgan fingerprint density at radius 2 is 1.82 bits per heavy atom. The molecule has 2 aromatic rings. The first kappa shape index (κ1) is 13.5. The van der Waals surface area contributed by atoms with Crippen molar-refractivity contribution in [1.29, 1.82) is 0 Å². The molecule has 0 fully saturated rings. The first-order valence-electron chi connectivity index (χ1n) is 8.03. The summed E-state index contributed by atoms with van der Waals surface area (Å²) in [6.07, 6.45) is 1.69. The summed E-state index contributed by atoms with van der Waals surface area (Å²) >= 11 is 0. The Hall–Kier alpha value is -2.15. The highest BCUT2D eigenvalue weighted by Crippen LogP contribution is 2.48. The van der Waals surface area contributed by atoms with E-state index in [-0.39, 0.29) is 0 Å². The highest BCUT2D eigenvalue weighted by Gasteiger charge is 2.35. The lowest BCUT2D eigenvalue weighted by atomic mass is 9.78. The van der Waals surface area contributed by atoms with Crippen LogP contribution in [0.15, 0.2) is 53.1 Å². The van der Waals surface area contributed by atoms with Gasteiger partial charge in [-0.1, -0.05) is 48.9 Å². The first-order chi connectivity index (χ1) is 10.6. The van der Waals surface area contributed by atoms with Crippen LogP contribution in [-0.2, 0) is 4.79 Å². The van der Waals surface area contributed by atoms with E-state index in [1.54, 1.807) is 0 Å². The van der Waals surface area contributed by atoms with E-state index in [1.807, 2.05) is 0 Å². The molecule has 1 nitrogen and oxygen atoms in total. The molecule has 4 rings (SSSR count). The van der Waals surface area contributed by atoms with E-state index < -0.39 is 0 Å². The van der Waals surface area contributed by atoms with Crippen LogP contribution < -0.4 is 0 Å². The number of hydrogen-bond acceptors (Lipinski definition) is 1.